The first-order valence-corrected chi connectivity index (χ1v) is 10.7. The fourth-order valence-electron chi connectivity index (χ4n) is 4.64. The molecule has 2 aromatic carbocycles. The van der Waals surface area contributed by atoms with Gasteiger partial charge in [-0.2, -0.15) is 0 Å². The van der Waals surface area contributed by atoms with Crippen molar-refractivity contribution >= 4 is 11.6 Å². The van der Waals surface area contributed by atoms with Crippen molar-refractivity contribution in [1.82, 2.24) is 4.90 Å². The first kappa shape index (κ1) is 20.6. The average molecular weight is 379 g/mol. The lowest BCUT2D eigenvalue weighted by molar-refractivity contribution is -0.120. The zero-order valence-corrected chi connectivity index (χ0v) is 17.6. The molecule has 1 heterocycles. The number of nitrogens with zero attached hydrogens (tertiary/aromatic N) is 2. The second-order valence-electron chi connectivity index (χ2n) is 8.09. The number of hydrogen-bond acceptors (Lipinski definition) is 2. The highest BCUT2D eigenvalue weighted by molar-refractivity contribution is 5.94. The predicted octanol–water partition coefficient (Wildman–Crippen LogP) is 5.51. The molecular formula is C25H34N2O. The van der Waals surface area contributed by atoms with Crippen LogP contribution in [0.2, 0.25) is 0 Å². The van der Waals surface area contributed by atoms with Crippen molar-refractivity contribution < 1.29 is 4.79 Å². The number of carbonyl (C=O) groups is 1. The number of anilines is 1. The Labute approximate surface area is 170 Å². The minimum absolute atomic E-state index is 0.101. The fraction of sp³-hybridized carbons (Fsp3) is 0.480. The lowest BCUT2D eigenvalue weighted by atomic mass is 9.73. The molecule has 0 bridgehead atoms. The van der Waals surface area contributed by atoms with E-state index in [4.69, 9.17) is 0 Å². The number of likely N-dealkylation sites (tertiary alicyclic amines) is 1. The number of amides is 1. The van der Waals surface area contributed by atoms with Crippen LogP contribution in [0.4, 0.5) is 5.69 Å². The van der Waals surface area contributed by atoms with Gasteiger partial charge >= 0.3 is 0 Å². The van der Waals surface area contributed by atoms with Gasteiger partial charge in [-0.25, -0.2) is 0 Å². The molecule has 0 spiro atoms. The number of piperidine rings is 1. The van der Waals surface area contributed by atoms with Gasteiger partial charge < -0.3 is 4.90 Å². The summed E-state index contributed by atoms with van der Waals surface area (Å²) in [4.78, 5) is 17.8. The molecule has 3 nitrogen and oxygen atoms in total. The molecule has 3 heteroatoms. The maximum atomic E-state index is 13.1. The molecule has 0 N–H and O–H groups in total. The maximum Gasteiger partial charge on any atom is 0.227 e. The molecule has 1 fully saturated rings. The number of hydrogen-bond donors (Lipinski definition) is 0. The Morgan fingerprint density at radius 1 is 1.00 bits per heavy atom. The second-order valence-corrected chi connectivity index (χ2v) is 8.09. The summed E-state index contributed by atoms with van der Waals surface area (Å²) in [6.07, 6.45) is 3.67. The number of carbonyl (C=O) groups excluding carboxylic acids is 1. The molecule has 0 radical (unpaired) electrons. The molecule has 0 aromatic heterocycles. The molecule has 1 saturated heterocycles. The summed E-state index contributed by atoms with van der Waals surface area (Å²) >= 11 is 0. The lowest BCUT2D eigenvalue weighted by Gasteiger charge is -2.52. The summed E-state index contributed by atoms with van der Waals surface area (Å²) in [7, 11) is 0. The minimum atomic E-state index is -0.101. The molecule has 1 aliphatic rings. The van der Waals surface area contributed by atoms with Crippen molar-refractivity contribution in [2.24, 2.45) is 5.92 Å². The first-order chi connectivity index (χ1) is 13.6. The molecule has 0 aliphatic carbocycles. The summed E-state index contributed by atoms with van der Waals surface area (Å²) in [6, 6.07) is 21.0. The van der Waals surface area contributed by atoms with Crippen LogP contribution in [0.1, 0.15) is 52.0 Å². The van der Waals surface area contributed by atoms with Gasteiger partial charge in [-0.3, -0.25) is 9.69 Å². The van der Waals surface area contributed by atoms with Crippen LogP contribution >= 0.6 is 0 Å². The Balaban J connectivity index is 1.85. The van der Waals surface area contributed by atoms with E-state index in [-0.39, 0.29) is 11.4 Å². The average Bonchev–Trinajstić information content (AvgIpc) is 2.76. The molecule has 1 aliphatic heterocycles. The summed E-state index contributed by atoms with van der Waals surface area (Å²) in [5.74, 6) is 0.699. The van der Waals surface area contributed by atoms with Crippen LogP contribution in [0.15, 0.2) is 60.7 Å². The van der Waals surface area contributed by atoms with Crippen molar-refractivity contribution in [3.8, 4) is 0 Å². The third kappa shape index (κ3) is 4.30. The third-order valence-electron chi connectivity index (χ3n) is 6.51. The molecule has 150 valence electrons. The lowest BCUT2D eigenvalue weighted by Crippen LogP contribution is -2.61. The van der Waals surface area contributed by atoms with Crippen LogP contribution in [0.5, 0.6) is 0 Å². The zero-order valence-electron chi connectivity index (χ0n) is 17.6. The predicted molar refractivity (Wildman–Crippen MR) is 117 cm³/mol. The highest BCUT2D eigenvalue weighted by atomic mass is 16.2. The SMILES string of the molecule is CCC(=O)N(c1ccccc1)C1(C(C)CC)CCN(Cc2ccccc2)CC1. The number of para-hydroxylation sites is 1. The Morgan fingerprint density at radius 3 is 2.11 bits per heavy atom. The van der Waals surface area contributed by atoms with E-state index in [1.165, 1.54) is 5.56 Å². The van der Waals surface area contributed by atoms with Gasteiger partial charge in [0.15, 0.2) is 0 Å². The first-order valence-electron chi connectivity index (χ1n) is 10.7. The maximum absolute atomic E-state index is 13.1. The molecule has 1 amide bonds. The van der Waals surface area contributed by atoms with E-state index in [1.54, 1.807) is 0 Å². The van der Waals surface area contributed by atoms with Gasteiger partial charge in [0.25, 0.3) is 0 Å². The van der Waals surface area contributed by atoms with Gasteiger partial charge in [0.1, 0.15) is 0 Å². The van der Waals surface area contributed by atoms with Crippen LogP contribution in [0.3, 0.4) is 0 Å². The summed E-state index contributed by atoms with van der Waals surface area (Å²) in [5, 5.41) is 0. The van der Waals surface area contributed by atoms with Gasteiger partial charge in [-0.15, -0.1) is 0 Å². The molecule has 2 aromatic rings. The van der Waals surface area contributed by atoms with Crippen LogP contribution < -0.4 is 4.90 Å². The van der Waals surface area contributed by atoms with Gasteiger partial charge in [-0.1, -0.05) is 75.7 Å². The normalized spacial score (nSPS) is 17.8. The Hall–Kier alpha value is -2.13. The van der Waals surface area contributed by atoms with E-state index in [0.29, 0.717) is 12.3 Å². The summed E-state index contributed by atoms with van der Waals surface area (Å²) in [5.41, 5.74) is 2.31. The standard InChI is InChI=1S/C25H34N2O/c1-4-21(3)25(27(24(28)5-2)23-14-10-7-11-15-23)16-18-26(19-17-25)20-22-12-8-6-9-13-22/h6-15,21H,4-5,16-20H2,1-3H3. The fourth-order valence-corrected chi connectivity index (χ4v) is 4.64. The third-order valence-corrected chi connectivity index (χ3v) is 6.51. The van der Waals surface area contributed by atoms with E-state index < -0.39 is 0 Å². The summed E-state index contributed by atoms with van der Waals surface area (Å²) < 4.78 is 0. The van der Waals surface area contributed by atoms with Crippen LogP contribution in [0.25, 0.3) is 0 Å². The van der Waals surface area contributed by atoms with E-state index in [0.717, 1.165) is 44.6 Å². The van der Waals surface area contributed by atoms with E-state index in [2.05, 4.69) is 66.1 Å². The van der Waals surface area contributed by atoms with Crippen LogP contribution in [0, 0.1) is 5.92 Å². The Kier molecular flexibility index (Phi) is 6.90. The van der Waals surface area contributed by atoms with E-state index in [9.17, 15) is 4.79 Å². The number of benzene rings is 2. The van der Waals surface area contributed by atoms with Crippen molar-refractivity contribution in [1.29, 1.82) is 0 Å². The van der Waals surface area contributed by atoms with Crippen LogP contribution in [-0.4, -0.2) is 29.4 Å². The van der Waals surface area contributed by atoms with Crippen LogP contribution in [-0.2, 0) is 11.3 Å². The summed E-state index contributed by atoms with van der Waals surface area (Å²) in [6.45, 7) is 9.60. The molecular weight excluding hydrogens is 344 g/mol. The zero-order chi connectivity index (χ0) is 20.0. The monoisotopic (exact) mass is 378 g/mol. The van der Waals surface area contributed by atoms with E-state index >= 15 is 0 Å². The topological polar surface area (TPSA) is 23.6 Å². The second kappa shape index (κ2) is 9.38. The molecule has 0 saturated carbocycles. The molecule has 3 rings (SSSR count). The number of rotatable bonds is 7. The van der Waals surface area contributed by atoms with Gasteiger partial charge in [0.05, 0.1) is 5.54 Å². The quantitative estimate of drug-likeness (QED) is 0.634. The van der Waals surface area contributed by atoms with Crippen molar-refractivity contribution in [3.05, 3.63) is 66.2 Å². The largest absolute Gasteiger partial charge is 0.306 e. The van der Waals surface area contributed by atoms with Crippen molar-refractivity contribution in [2.75, 3.05) is 18.0 Å². The van der Waals surface area contributed by atoms with Gasteiger partial charge in [0.2, 0.25) is 5.91 Å². The van der Waals surface area contributed by atoms with Crippen molar-refractivity contribution in [3.63, 3.8) is 0 Å². The van der Waals surface area contributed by atoms with E-state index in [1.807, 2.05) is 25.1 Å². The highest BCUT2D eigenvalue weighted by Crippen LogP contribution is 2.41. The molecule has 1 unspecified atom stereocenters. The highest BCUT2D eigenvalue weighted by Gasteiger charge is 2.45. The minimum Gasteiger partial charge on any atom is -0.306 e. The molecule has 1 atom stereocenters. The Morgan fingerprint density at radius 2 is 1.57 bits per heavy atom. The van der Waals surface area contributed by atoms with Gasteiger partial charge in [-0.05, 0) is 36.5 Å². The smallest absolute Gasteiger partial charge is 0.227 e. The van der Waals surface area contributed by atoms with Gasteiger partial charge in [0, 0.05) is 31.7 Å². The Bertz CT molecular complexity index is 736. The molecule has 28 heavy (non-hydrogen) atoms. The van der Waals surface area contributed by atoms with Crippen molar-refractivity contribution in [2.45, 2.75) is 58.5 Å².